The van der Waals surface area contributed by atoms with Crippen molar-refractivity contribution in [2.45, 2.75) is 19.5 Å². The van der Waals surface area contributed by atoms with Crippen LogP contribution in [0.15, 0.2) is 40.5 Å². The van der Waals surface area contributed by atoms with Gasteiger partial charge in [-0.3, -0.25) is 9.69 Å². The summed E-state index contributed by atoms with van der Waals surface area (Å²) in [6.45, 7) is 2.69. The van der Waals surface area contributed by atoms with Crippen LogP contribution in [0, 0.1) is 0 Å². The summed E-state index contributed by atoms with van der Waals surface area (Å²) in [5.74, 6) is 0.680. The second kappa shape index (κ2) is 6.20. The number of hydrogen-bond acceptors (Lipinski definition) is 4. The number of halogens is 1. The van der Waals surface area contributed by atoms with Crippen molar-refractivity contribution in [2.75, 3.05) is 7.05 Å². The van der Waals surface area contributed by atoms with Crippen LogP contribution in [0.25, 0.3) is 10.2 Å². The van der Waals surface area contributed by atoms with Gasteiger partial charge in [-0.05, 0) is 43.1 Å². The Hall–Kier alpha value is -1.69. The molecule has 6 heteroatoms. The smallest absolute Gasteiger partial charge is 0.268 e. The molecule has 0 saturated heterocycles. The van der Waals surface area contributed by atoms with E-state index in [-0.39, 0.29) is 11.6 Å². The molecule has 1 N–H and O–H groups in total. The van der Waals surface area contributed by atoms with Gasteiger partial charge in [-0.15, -0.1) is 11.3 Å². The zero-order valence-electron chi connectivity index (χ0n) is 12.3. The number of H-pyrrole nitrogens is 1. The number of rotatable bonds is 4. The molecule has 0 fully saturated rings. The summed E-state index contributed by atoms with van der Waals surface area (Å²) in [5.41, 5.74) is 1.87. The minimum absolute atomic E-state index is 0.0671. The lowest BCUT2D eigenvalue weighted by Crippen LogP contribution is -2.24. The molecular formula is C16H16ClN3OS. The van der Waals surface area contributed by atoms with Crippen molar-refractivity contribution in [1.82, 2.24) is 14.9 Å². The molecule has 0 radical (unpaired) electrons. The van der Waals surface area contributed by atoms with Gasteiger partial charge in [0, 0.05) is 11.1 Å². The SMILES string of the molecule is C[C@@H](c1ccc(Cl)cc1)N(C)Cc1nc2ccsc2c(=O)[nH]1. The fourth-order valence-electron chi connectivity index (χ4n) is 2.37. The third kappa shape index (κ3) is 3.06. The molecule has 0 amide bonds. The summed E-state index contributed by atoms with van der Waals surface area (Å²) >= 11 is 7.34. The molecule has 0 unspecified atom stereocenters. The summed E-state index contributed by atoms with van der Waals surface area (Å²) < 4.78 is 0.678. The van der Waals surface area contributed by atoms with Gasteiger partial charge >= 0.3 is 0 Å². The van der Waals surface area contributed by atoms with Crippen molar-refractivity contribution in [2.24, 2.45) is 0 Å². The van der Waals surface area contributed by atoms with Gasteiger partial charge in [0.15, 0.2) is 0 Å². The molecule has 1 atom stereocenters. The largest absolute Gasteiger partial charge is 0.308 e. The Morgan fingerprint density at radius 1 is 1.32 bits per heavy atom. The van der Waals surface area contributed by atoms with Crippen LogP contribution in [0.4, 0.5) is 0 Å². The van der Waals surface area contributed by atoms with Gasteiger partial charge in [-0.1, -0.05) is 23.7 Å². The van der Waals surface area contributed by atoms with Crippen LogP contribution in [0.5, 0.6) is 0 Å². The topological polar surface area (TPSA) is 49.0 Å². The van der Waals surface area contributed by atoms with Gasteiger partial charge in [0.1, 0.15) is 10.5 Å². The third-order valence-electron chi connectivity index (χ3n) is 3.78. The highest BCUT2D eigenvalue weighted by atomic mass is 35.5. The quantitative estimate of drug-likeness (QED) is 0.789. The Morgan fingerprint density at radius 2 is 2.05 bits per heavy atom. The number of benzene rings is 1. The van der Waals surface area contributed by atoms with Gasteiger partial charge in [0.05, 0.1) is 12.1 Å². The molecule has 22 heavy (non-hydrogen) atoms. The number of nitrogens with zero attached hydrogens (tertiary/aromatic N) is 2. The van der Waals surface area contributed by atoms with E-state index >= 15 is 0 Å². The molecule has 0 saturated carbocycles. The Kier molecular flexibility index (Phi) is 4.29. The minimum Gasteiger partial charge on any atom is -0.308 e. The van der Waals surface area contributed by atoms with Crippen molar-refractivity contribution < 1.29 is 0 Å². The van der Waals surface area contributed by atoms with Crippen LogP contribution in [0.2, 0.25) is 5.02 Å². The molecule has 2 aromatic heterocycles. The van der Waals surface area contributed by atoms with Crippen LogP contribution in [-0.2, 0) is 6.54 Å². The number of nitrogens with one attached hydrogen (secondary N) is 1. The highest BCUT2D eigenvalue weighted by molar-refractivity contribution is 7.17. The fraction of sp³-hybridized carbons (Fsp3) is 0.250. The number of fused-ring (bicyclic) bond motifs is 1. The van der Waals surface area contributed by atoms with Crippen LogP contribution >= 0.6 is 22.9 Å². The predicted molar refractivity (Wildman–Crippen MR) is 91.6 cm³/mol. The molecule has 0 aliphatic heterocycles. The summed E-state index contributed by atoms with van der Waals surface area (Å²) in [5, 5.41) is 2.61. The third-order valence-corrected chi connectivity index (χ3v) is 4.93. The molecule has 114 valence electrons. The lowest BCUT2D eigenvalue weighted by atomic mass is 10.1. The van der Waals surface area contributed by atoms with E-state index in [4.69, 9.17) is 11.6 Å². The average molecular weight is 334 g/mol. The maximum Gasteiger partial charge on any atom is 0.268 e. The van der Waals surface area contributed by atoms with E-state index in [2.05, 4.69) is 21.8 Å². The normalized spacial score (nSPS) is 12.9. The number of hydrogen-bond donors (Lipinski definition) is 1. The zero-order valence-corrected chi connectivity index (χ0v) is 13.9. The van der Waals surface area contributed by atoms with E-state index in [0.29, 0.717) is 17.1 Å². The Bertz CT molecular complexity index is 840. The molecular weight excluding hydrogens is 318 g/mol. The van der Waals surface area contributed by atoms with Gasteiger partial charge in [0.2, 0.25) is 0 Å². The van der Waals surface area contributed by atoms with Gasteiger partial charge in [-0.2, -0.15) is 0 Å². The van der Waals surface area contributed by atoms with E-state index in [1.807, 2.05) is 42.8 Å². The van der Waals surface area contributed by atoms with Crippen molar-refractivity contribution >= 4 is 33.2 Å². The van der Waals surface area contributed by atoms with Crippen LogP contribution in [-0.4, -0.2) is 21.9 Å². The Morgan fingerprint density at radius 3 is 2.77 bits per heavy atom. The fourth-order valence-corrected chi connectivity index (χ4v) is 3.22. The molecule has 1 aromatic carbocycles. The van der Waals surface area contributed by atoms with Crippen molar-refractivity contribution in [3.8, 4) is 0 Å². The molecule has 0 aliphatic rings. The standard InChI is InChI=1S/C16H16ClN3OS/c1-10(11-3-5-12(17)6-4-11)20(2)9-14-18-13-7-8-22-15(13)16(21)19-14/h3-8,10H,9H2,1-2H3,(H,18,19,21)/t10-/m0/s1. The lowest BCUT2D eigenvalue weighted by molar-refractivity contribution is 0.247. The first-order valence-corrected chi connectivity index (χ1v) is 8.22. The first-order valence-electron chi connectivity index (χ1n) is 6.96. The molecule has 4 nitrogen and oxygen atoms in total. The van der Waals surface area contributed by atoms with E-state index in [0.717, 1.165) is 10.5 Å². The monoisotopic (exact) mass is 333 g/mol. The maximum absolute atomic E-state index is 12.0. The Balaban J connectivity index is 1.81. The molecule has 2 heterocycles. The summed E-state index contributed by atoms with van der Waals surface area (Å²) in [4.78, 5) is 21.5. The summed E-state index contributed by atoms with van der Waals surface area (Å²) in [6.07, 6.45) is 0. The molecule has 0 bridgehead atoms. The van der Waals surface area contributed by atoms with E-state index < -0.39 is 0 Å². The number of thiophene rings is 1. The van der Waals surface area contributed by atoms with E-state index in [1.165, 1.54) is 16.9 Å². The second-order valence-corrected chi connectivity index (χ2v) is 6.64. The van der Waals surface area contributed by atoms with Gasteiger partial charge in [0.25, 0.3) is 5.56 Å². The summed E-state index contributed by atoms with van der Waals surface area (Å²) in [7, 11) is 2.01. The van der Waals surface area contributed by atoms with Crippen LogP contribution < -0.4 is 5.56 Å². The number of aromatic nitrogens is 2. The van der Waals surface area contributed by atoms with Crippen LogP contribution in [0.1, 0.15) is 24.4 Å². The molecule has 0 spiro atoms. The van der Waals surface area contributed by atoms with Crippen molar-refractivity contribution in [1.29, 1.82) is 0 Å². The first kappa shape index (κ1) is 15.2. The van der Waals surface area contributed by atoms with Crippen molar-refractivity contribution in [3.63, 3.8) is 0 Å². The van der Waals surface area contributed by atoms with Crippen molar-refractivity contribution in [3.05, 3.63) is 62.5 Å². The molecule has 3 aromatic rings. The average Bonchev–Trinajstić information content (AvgIpc) is 2.96. The lowest BCUT2D eigenvalue weighted by Gasteiger charge is -2.24. The summed E-state index contributed by atoms with van der Waals surface area (Å²) in [6, 6.07) is 9.88. The minimum atomic E-state index is -0.0671. The van der Waals surface area contributed by atoms with E-state index in [1.54, 1.807) is 0 Å². The maximum atomic E-state index is 12.0. The second-order valence-electron chi connectivity index (χ2n) is 5.29. The molecule has 3 rings (SSSR count). The van der Waals surface area contributed by atoms with Crippen LogP contribution in [0.3, 0.4) is 0 Å². The highest BCUT2D eigenvalue weighted by Crippen LogP contribution is 2.22. The Labute approximate surface area is 137 Å². The molecule has 0 aliphatic carbocycles. The predicted octanol–water partition coefficient (Wildman–Crippen LogP) is 3.83. The highest BCUT2D eigenvalue weighted by Gasteiger charge is 2.14. The van der Waals surface area contributed by atoms with Gasteiger partial charge in [-0.25, -0.2) is 4.98 Å². The van der Waals surface area contributed by atoms with E-state index in [9.17, 15) is 4.79 Å². The number of aromatic amines is 1. The van der Waals surface area contributed by atoms with Gasteiger partial charge < -0.3 is 4.98 Å². The zero-order chi connectivity index (χ0) is 15.7. The first-order chi connectivity index (χ1) is 10.5.